The number of hydrogen-bond acceptors (Lipinski definition) is 11. The molecular formula is C58H84B2ClN9O5. The number of halogens is 1. The Morgan fingerprint density at radius 1 is 0.573 bits per heavy atom. The quantitative estimate of drug-likeness (QED) is 0.0712. The number of aliphatic hydroxyl groups excluding tert-OH is 2. The Morgan fingerprint density at radius 3 is 1.43 bits per heavy atom. The van der Waals surface area contributed by atoms with E-state index >= 15 is 0 Å². The number of aliphatic hydroxyl groups is 2. The van der Waals surface area contributed by atoms with Crippen LogP contribution in [0.2, 0.25) is 13.6 Å². The number of aromatic amines is 1. The van der Waals surface area contributed by atoms with Crippen molar-refractivity contribution in [1.29, 1.82) is 0 Å². The van der Waals surface area contributed by atoms with Gasteiger partial charge in [0.15, 0.2) is 0 Å². The molecule has 3 aromatic heterocycles. The van der Waals surface area contributed by atoms with Crippen LogP contribution in [0.5, 0.6) is 0 Å². The summed E-state index contributed by atoms with van der Waals surface area (Å²) in [6.45, 7) is 13.9. The summed E-state index contributed by atoms with van der Waals surface area (Å²) in [4.78, 5) is 4.25. The lowest BCUT2D eigenvalue weighted by Crippen LogP contribution is -2.48. The van der Waals surface area contributed by atoms with E-state index in [1.807, 2.05) is 31.8 Å². The predicted octanol–water partition coefficient (Wildman–Crippen LogP) is 7.47. The molecule has 4 saturated heterocycles. The number of piperidine rings is 3. The van der Waals surface area contributed by atoms with Crippen molar-refractivity contribution in [3.8, 4) is 0 Å². The molecule has 6 N–H and O–H groups in total. The fourth-order valence-corrected chi connectivity index (χ4v) is 12.3. The molecule has 0 amide bonds. The number of hydrogen-bond donors (Lipinski definition) is 6. The van der Waals surface area contributed by atoms with Crippen LogP contribution in [0.3, 0.4) is 0 Å². The van der Waals surface area contributed by atoms with Crippen LogP contribution in [0.4, 0.5) is 0 Å². The highest BCUT2D eigenvalue weighted by Gasteiger charge is 2.44. The highest BCUT2D eigenvalue weighted by atomic mass is 35.5. The van der Waals surface area contributed by atoms with E-state index in [0.717, 1.165) is 135 Å². The normalized spacial score (nSPS) is 18.9. The third-order valence-corrected chi connectivity index (χ3v) is 16.8. The topological polar surface area (TPSA) is 173 Å². The summed E-state index contributed by atoms with van der Waals surface area (Å²) in [5.74, 6) is 0. The number of nitrogens with one attached hydrogen (secondary N) is 2. The highest BCUT2D eigenvalue weighted by molar-refractivity contribution is 6.45. The maximum Gasteiger partial charge on any atom is 0.376 e. The first-order valence-electron chi connectivity index (χ1n) is 27.6. The minimum atomic E-state index is -0.412. The Balaban J connectivity index is 0.000000153. The van der Waals surface area contributed by atoms with Crippen LogP contribution in [-0.2, 0) is 53.3 Å². The molecule has 4 fully saturated rings. The Bertz CT molecular complexity index is 2550. The molecule has 404 valence electrons. The van der Waals surface area contributed by atoms with Gasteiger partial charge in [0.25, 0.3) is 0 Å². The smallest absolute Gasteiger partial charge is 0.376 e. The van der Waals surface area contributed by atoms with Gasteiger partial charge in [-0.05, 0) is 158 Å². The number of fused-ring (bicyclic) bond motifs is 4. The lowest BCUT2D eigenvalue weighted by molar-refractivity contribution is 0.163. The summed E-state index contributed by atoms with van der Waals surface area (Å²) < 4.78 is 9.44. The summed E-state index contributed by atoms with van der Waals surface area (Å²) in [7, 11) is 0.261. The second-order valence-corrected chi connectivity index (χ2v) is 21.5. The first-order chi connectivity index (χ1) is 36.1. The fourth-order valence-electron chi connectivity index (χ4n) is 12.3. The van der Waals surface area contributed by atoms with Crippen LogP contribution in [0.1, 0.15) is 121 Å². The molecule has 0 aliphatic carbocycles. The van der Waals surface area contributed by atoms with Gasteiger partial charge in [0.2, 0.25) is 0 Å². The molecule has 0 radical (unpaired) electrons. The van der Waals surface area contributed by atoms with Crippen LogP contribution >= 0.6 is 12.4 Å². The van der Waals surface area contributed by atoms with Crippen molar-refractivity contribution in [3.63, 3.8) is 0 Å². The van der Waals surface area contributed by atoms with Crippen LogP contribution in [0.15, 0.2) is 109 Å². The second-order valence-electron chi connectivity index (χ2n) is 21.5. The largest absolute Gasteiger partial charge is 0.437 e. The van der Waals surface area contributed by atoms with Crippen molar-refractivity contribution in [2.24, 2.45) is 0 Å². The number of rotatable bonds is 11. The van der Waals surface area contributed by atoms with Crippen molar-refractivity contribution in [3.05, 3.63) is 160 Å². The number of ether oxygens (including phenoxy) is 1. The van der Waals surface area contributed by atoms with Gasteiger partial charge in [-0.3, -0.25) is 14.5 Å². The van der Waals surface area contributed by atoms with E-state index in [-0.39, 0.29) is 36.9 Å². The van der Waals surface area contributed by atoms with Gasteiger partial charge in [0.1, 0.15) is 0 Å². The zero-order valence-corrected chi connectivity index (χ0v) is 45.8. The van der Waals surface area contributed by atoms with Gasteiger partial charge < -0.3 is 39.9 Å². The third-order valence-electron chi connectivity index (χ3n) is 16.8. The van der Waals surface area contributed by atoms with Crippen LogP contribution < -0.4 is 5.32 Å². The molecule has 0 bridgehead atoms. The van der Waals surface area contributed by atoms with Gasteiger partial charge >= 0.3 is 14.1 Å². The number of benzene rings is 3. The molecule has 6 aliphatic heterocycles. The van der Waals surface area contributed by atoms with Crippen molar-refractivity contribution >= 4 is 26.5 Å². The number of H-pyrrole nitrogens is 1. The minimum Gasteiger partial charge on any atom is -0.437 e. The zero-order chi connectivity index (χ0) is 51.8. The number of nitrogens with zero attached hydrogens (tertiary/aromatic N) is 7. The average molecular weight is 1040 g/mol. The summed E-state index contributed by atoms with van der Waals surface area (Å²) in [6.07, 6.45) is 15.1. The lowest BCUT2D eigenvalue weighted by Gasteiger charge is -2.41. The van der Waals surface area contributed by atoms with Gasteiger partial charge in [-0.15, -0.1) is 12.4 Å². The third kappa shape index (κ3) is 14.9. The van der Waals surface area contributed by atoms with E-state index in [1.54, 1.807) is 0 Å². The van der Waals surface area contributed by atoms with Gasteiger partial charge in [-0.25, -0.2) is 0 Å². The van der Waals surface area contributed by atoms with Gasteiger partial charge in [0.05, 0.1) is 17.1 Å². The van der Waals surface area contributed by atoms with E-state index < -0.39 is 7.05 Å². The SMILES string of the molecule is C1CCOC1.CB(O)N1CCC(CCO)(c2cc(Cc3ccccc3)[nH]n2)CC1.CB(O)N1CCC2(CC1)CCn1nc(Cc3ccccc3)cc12.CO.Cl.c1ccc(Cc2cc3n(n2)CCC32CCNCC2)cc1. The van der Waals surface area contributed by atoms with Crippen molar-refractivity contribution in [1.82, 2.24) is 44.7 Å². The van der Waals surface area contributed by atoms with Crippen molar-refractivity contribution in [2.75, 3.05) is 66.2 Å². The molecule has 0 atom stereocenters. The fraction of sp³-hybridized carbons (Fsp3) is 0.534. The molecule has 12 rings (SSSR count). The average Bonchev–Trinajstić information content (AvgIpc) is 4.33. The monoisotopic (exact) mass is 1040 g/mol. The predicted molar refractivity (Wildman–Crippen MR) is 304 cm³/mol. The van der Waals surface area contributed by atoms with E-state index in [0.29, 0.717) is 5.41 Å². The van der Waals surface area contributed by atoms with Gasteiger partial charge in [0, 0.05) is 92.6 Å². The molecule has 0 unspecified atom stereocenters. The van der Waals surface area contributed by atoms with E-state index in [2.05, 4.69) is 125 Å². The van der Waals surface area contributed by atoms with Gasteiger partial charge in [-0.2, -0.15) is 15.3 Å². The maximum absolute atomic E-state index is 9.78. The zero-order valence-electron chi connectivity index (χ0n) is 45.0. The first kappa shape index (κ1) is 58.1. The first-order valence-corrected chi connectivity index (χ1v) is 27.6. The van der Waals surface area contributed by atoms with Crippen LogP contribution in [-0.4, -0.2) is 140 Å². The molecule has 14 nitrogen and oxygen atoms in total. The molecule has 75 heavy (non-hydrogen) atoms. The molecule has 17 heteroatoms. The summed E-state index contributed by atoms with van der Waals surface area (Å²) in [6, 6.07) is 38.4. The van der Waals surface area contributed by atoms with E-state index in [9.17, 15) is 15.2 Å². The Morgan fingerprint density at radius 2 is 1.00 bits per heavy atom. The van der Waals surface area contributed by atoms with Crippen LogP contribution in [0.25, 0.3) is 0 Å². The van der Waals surface area contributed by atoms with Gasteiger partial charge in [-0.1, -0.05) is 91.0 Å². The van der Waals surface area contributed by atoms with E-state index in [1.165, 1.54) is 78.0 Å². The molecule has 3 aromatic carbocycles. The molecule has 9 heterocycles. The van der Waals surface area contributed by atoms with Crippen molar-refractivity contribution < 1.29 is 25.0 Å². The molecule has 0 saturated carbocycles. The minimum absolute atomic E-state index is 0. The standard InChI is InChI=1S/C18H26BN3O2.C18H24BN3O.C17H21N3.C4H8O.CH4O.ClH/c1-19(24)22-10-7-18(8-11-22,9-12-23)17-14-16(20-21-17)13-15-5-3-2-4-6-15;1-19(23)21-10-7-18(8-11-21)9-12-22-17(18)14-16(20-22)13-15-5-3-2-4-6-15;1-2-4-14(5-3-1)12-15-13-16-17(6-9-18-10-7-17)8-11-20(16)19-15;1-2-4-5-3-1;1-2;/h2-6,14,23-24H,7-13H2,1H3,(H,20,21);2-6,14,23H,7-13H2,1H3;1-5,13,18H,6-12H2;1-4H2;2H,1H3;1H. The second kappa shape index (κ2) is 28.1. The Labute approximate surface area is 453 Å². The highest BCUT2D eigenvalue weighted by Crippen LogP contribution is 2.45. The molecule has 6 aromatic rings. The molecule has 2 spiro atoms. The summed E-state index contributed by atoms with van der Waals surface area (Å²) in [5, 5.41) is 57.0. The number of aromatic nitrogens is 6. The summed E-state index contributed by atoms with van der Waals surface area (Å²) in [5.41, 5.74) is 12.0. The molecule has 6 aliphatic rings. The lowest BCUT2D eigenvalue weighted by atomic mass is 9.70. The van der Waals surface area contributed by atoms with E-state index in [4.69, 9.17) is 20.0 Å². The van der Waals surface area contributed by atoms with Crippen LogP contribution in [0, 0.1) is 0 Å². The Kier molecular flexibility index (Phi) is 21.8. The number of aryl methyl sites for hydroxylation is 2. The molecular weight excluding hydrogens is 960 g/mol. The maximum atomic E-state index is 9.78. The Hall–Kier alpha value is -4.61. The summed E-state index contributed by atoms with van der Waals surface area (Å²) >= 11 is 0. The van der Waals surface area contributed by atoms with Crippen molar-refractivity contribution in [2.45, 2.75) is 133 Å².